The van der Waals surface area contributed by atoms with Gasteiger partial charge in [-0.2, -0.15) is 0 Å². The first-order valence-corrected chi connectivity index (χ1v) is 47.3. The Morgan fingerprint density at radius 1 is 0.431 bits per heavy atom. The highest BCUT2D eigenvalue weighted by atomic mass is 32.1. The molecule has 4 fully saturated rings. The van der Waals surface area contributed by atoms with Gasteiger partial charge in [0.1, 0.15) is 28.8 Å². The van der Waals surface area contributed by atoms with E-state index in [1.807, 2.05) is 105 Å². The summed E-state index contributed by atoms with van der Waals surface area (Å²) >= 11 is 21.6. The molecule has 8 aliphatic heterocycles. The molecule has 8 atom stereocenters. The molecule has 5 aromatic carbocycles. The summed E-state index contributed by atoms with van der Waals surface area (Å²) in [6.07, 6.45) is 17.1. The van der Waals surface area contributed by atoms with E-state index in [1.165, 1.54) is 12.1 Å². The molecule has 0 bridgehead atoms. The van der Waals surface area contributed by atoms with Crippen molar-refractivity contribution in [1.82, 2.24) is 15.5 Å². The minimum atomic E-state index is -0.628. The van der Waals surface area contributed by atoms with Crippen molar-refractivity contribution in [3.05, 3.63) is 101 Å². The highest BCUT2D eigenvalue weighted by Crippen LogP contribution is 2.43. The van der Waals surface area contributed by atoms with Crippen LogP contribution in [0.15, 0.2) is 72.8 Å². The van der Waals surface area contributed by atoms with Crippen molar-refractivity contribution >= 4 is 150 Å². The van der Waals surface area contributed by atoms with Crippen molar-refractivity contribution in [1.29, 1.82) is 0 Å². The van der Waals surface area contributed by atoms with Gasteiger partial charge in [-0.1, -0.05) is 27.7 Å². The Labute approximate surface area is 787 Å². The lowest BCUT2D eigenvalue weighted by atomic mass is 10.0. The van der Waals surface area contributed by atoms with Gasteiger partial charge in [0, 0.05) is 126 Å². The molecule has 4 saturated heterocycles. The lowest BCUT2D eigenvalue weighted by molar-refractivity contribution is -0.161. The van der Waals surface area contributed by atoms with E-state index in [2.05, 4.69) is 58.0 Å². The molecule has 0 aliphatic carbocycles. The second kappa shape index (κ2) is 51.3. The van der Waals surface area contributed by atoms with Gasteiger partial charge >= 0.3 is 6.09 Å². The van der Waals surface area contributed by atoms with Crippen LogP contribution < -0.4 is 75.8 Å². The topological polar surface area (TPSA) is 306 Å². The number of hydrogen-bond donors (Lipinski definition) is 7. The van der Waals surface area contributed by atoms with Gasteiger partial charge in [-0.3, -0.25) is 24.5 Å². The maximum Gasteiger partial charge on any atom is 0.413 e. The first-order valence-electron chi connectivity index (χ1n) is 45.6. The number of amides is 5. The minimum absolute atomic E-state index is 0.0476. The quantitative estimate of drug-likeness (QED) is 0.0253. The van der Waals surface area contributed by atoms with Crippen LogP contribution in [-0.2, 0) is 87.5 Å². The number of fused-ring (bicyclic) bond motifs is 4. The van der Waals surface area contributed by atoms with Crippen LogP contribution in [0.5, 0.6) is 23.0 Å². The number of benzene rings is 5. The van der Waals surface area contributed by atoms with Gasteiger partial charge in [-0.25, -0.2) is 9.18 Å². The van der Waals surface area contributed by atoms with Crippen LogP contribution >= 0.6 is 48.9 Å². The van der Waals surface area contributed by atoms with Gasteiger partial charge in [-0.05, 0) is 276 Å². The molecule has 130 heavy (non-hydrogen) atoms. The lowest BCUT2D eigenvalue weighted by Gasteiger charge is -2.28. The third kappa shape index (κ3) is 30.5. The molecular weight excluding hydrogens is 1740 g/mol. The summed E-state index contributed by atoms with van der Waals surface area (Å²) in [6.45, 7) is 22.4. The predicted molar refractivity (Wildman–Crippen MR) is 521 cm³/mol. The van der Waals surface area contributed by atoms with Crippen molar-refractivity contribution in [2.75, 3.05) is 174 Å². The number of nitrogens with zero attached hydrogens (tertiary/aromatic N) is 5. The average molecular weight is 1880 g/mol. The molecule has 7 N–H and O–H groups in total. The van der Waals surface area contributed by atoms with Crippen LogP contribution in [0.3, 0.4) is 0 Å². The number of halogens is 1. The van der Waals surface area contributed by atoms with E-state index < -0.39 is 6.09 Å². The molecule has 0 aromatic heterocycles. The zero-order valence-corrected chi connectivity index (χ0v) is 81.2. The summed E-state index contributed by atoms with van der Waals surface area (Å²) < 4.78 is 86.7. The summed E-state index contributed by atoms with van der Waals surface area (Å²) in [6, 6.07) is 21.5. The number of thiocarbonyl (C=S) groups is 4. The Balaban J connectivity index is 0.000000180. The molecule has 30 nitrogen and oxygen atoms in total. The summed E-state index contributed by atoms with van der Waals surface area (Å²) in [5.41, 5.74) is 11.0. The van der Waals surface area contributed by atoms with E-state index in [9.17, 15) is 28.4 Å². The van der Waals surface area contributed by atoms with Crippen LogP contribution in [0.2, 0.25) is 0 Å². The van der Waals surface area contributed by atoms with Crippen LogP contribution in [0, 0.1) is 29.5 Å². The second-order valence-corrected chi connectivity index (χ2v) is 36.3. The number of hydrogen-bond acceptors (Lipinski definition) is 22. The first-order chi connectivity index (χ1) is 62.4. The average Bonchev–Trinajstić information content (AvgIpc) is 1.57. The normalized spacial score (nSPS) is 20.9. The van der Waals surface area contributed by atoms with Crippen molar-refractivity contribution in [3.8, 4) is 23.0 Å². The molecule has 8 aliphatic rings. The molecule has 35 heteroatoms. The molecule has 13 rings (SSSR count). The summed E-state index contributed by atoms with van der Waals surface area (Å²) in [4.78, 5) is 73.3. The third-order valence-corrected chi connectivity index (χ3v) is 24.5. The van der Waals surface area contributed by atoms with Gasteiger partial charge in [0.2, 0.25) is 23.6 Å². The van der Waals surface area contributed by atoms with Gasteiger partial charge < -0.3 is 118 Å². The number of ether oxygens (including phenoxy) is 13. The molecule has 714 valence electrons. The molecule has 5 aromatic rings. The van der Waals surface area contributed by atoms with E-state index in [4.69, 9.17) is 110 Å². The van der Waals surface area contributed by atoms with Gasteiger partial charge in [-0.15, -0.1) is 0 Å². The summed E-state index contributed by atoms with van der Waals surface area (Å²) in [5.74, 6) is 2.11. The molecule has 0 saturated carbocycles. The number of rotatable bonds is 26. The number of methoxy groups -OCH3 is 4. The summed E-state index contributed by atoms with van der Waals surface area (Å²) in [5, 5.41) is 23.0. The Kier molecular flexibility index (Phi) is 40.7. The molecule has 8 unspecified atom stereocenters. The van der Waals surface area contributed by atoms with E-state index >= 15 is 0 Å². The van der Waals surface area contributed by atoms with Crippen molar-refractivity contribution in [2.45, 2.75) is 215 Å². The fourth-order valence-electron chi connectivity index (χ4n) is 16.2. The highest BCUT2D eigenvalue weighted by molar-refractivity contribution is 7.81. The Bertz CT molecular complexity index is 4620. The summed E-state index contributed by atoms with van der Waals surface area (Å²) in [7, 11) is 10.2. The monoisotopic (exact) mass is 1880 g/mol. The Morgan fingerprint density at radius 2 is 0.731 bits per heavy atom. The van der Waals surface area contributed by atoms with E-state index in [0.29, 0.717) is 115 Å². The van der Waals surface area contributed by atoms with Crippen molar-refractivity contribution in [2.24, 2.45) is 23.7 Å². The zero-order chi connectivity index (χ0) is 93.6. The maximum atomic E-state index is 13.2. The van der Waals surface area contributed by atoms with Gasteiger partial charge in [0.15, 0.2) is 45.6 Å². The maximum absolute atomic E-state index is 13.2. The van der Waals surface area contributed by atoms with Crippen LogP contribution in [0.4, 0.5) is 60.4 Å². The third-order valence-electron chi connectivity index (χ3n) is 23.4. The Hall–Kier alpha value is -8.98. The number of nitrogens with one attached hydrogen (secondary N) is 7. The van der Waals surface area contributed by atoms with Crippen molar-refractivity contribution in [3.63, 3.8) is 0 Å². The predicted octanol–water partition coefficient (Wildman–Crippen LogP) is 16.3. The Morgan fingerprint density at radius 3 is 1.01 bits per heavy atom. The molecule has 5 amide bonds. The largest absolute Gasteiger partial charge is 0.494 e. The van der Waals surface area contributed by atoms with Gasteiger partial charge in [0.25, 0.3) is 0 Å². The van der Waals surface area contributed by atoms with Crippen LogP contribution in [0.1, 0.15) is 180 Å². The van der Waals surface area contributed by atoms with Crippen molar-refractivity contribution < 1.29 is 89.9 Å². The van der Waals surface area contributed by atoms with Crippen LogP contribution in [-0.4, -0.2) is 214 Å². The minimum Gasteiger partial charge on any atom is -0.494 e. The van der Waals surface area contributed by atoms with E-state index in [0.717, 1.165) is 205 Å². The molecular formula is C95H135FN12O18S4. The first kappa shape index (κ1) is 103. The smallest absolute Gasteiger partial charge is 0.413 e. The van der Waals surface area contributed by atoms with Gasteiger partial charge in [0.05, 0.1) is 107 Å². The number of anilines is 9. The molecule has 0 spiro atoms. The van der Waals surface area contributed by atoms with E-state index in [-0.39, 0.29) is 95.5 Å². The zero-order valence-electron chi connectivity index (χ0n) is 78.0. The van der Waals surface area contributed by atoms with E-state index in [1.54, 1.807) is 57.3 Å². The fraction of sp³-hybridized carbons (Fsp3) is 0.589. The standard InChI is InChI=1S/C26H32FN3O4S.C24H37N3O4S.C23H33N3O6S.C22H33N3O4S/c1-17-6-7-18-15-21(29-26(35)28-20-10-8-19(27)9-11-20)23(32-2)16-22(18)30(25(17)31)12-14-34-24-5-3-4-13-33-24;1-16-9-10-17-14-18(25-23(32)26-24(2,3)4)20(29-5)15-19(17)27(22(16)28)11-13-31-21-8-6-7-12-30-21;1-4-30-23(28)25-22(33)24-17-13-16-9-8-15(2)21(27)26(18(16)14-19(17)29-3)10-12-32-20-7-5-6-11-31-20;1-15-8-9-16-13-17(23-22(30)24(2)3)19(27-4)14-18(16)25(21(15)26)10-12-29-20-7-5-6-11-28-20/h8-11,15-17,24H,3-7,12-14H2,1-2H3,(H2,28,29,35);14-16,21H,6-13H2,1-5H3,(H2,25,26,32);13-15,20H,4-12H2,1-3H3,(H2,24,25,28,33);13-15,20H,5-12H2,1-4H3,(H,23,30). The number of carbonyl (C=O) groups is 5. The fourth-order valence-corrected chi connectivity index (χ4v) is 17.1. The van der Waals surface area contributed by atoms with Crippen LogP contribution in [0.25, 0.3) is 0 Å². The number of carbonyl (C=O) groups excluding carboxylic acids is 5. The molecule has 8 heterocycles. The lowest BCUT2D eigenvalue weighted by Crippen LogP contribution is -2.43. The number of aryl methyl sites for hydroxylation is 4. The SMILES string of the molecule is CCOC(=O)NC(=S)Nc1cc2c(cc1OC)N(CCOC1CCCCO1)C(=O)C(C)CC2.COc1cc2c(cc1NC(=S)N(C)C)CCC(C)C(=O)N2CCOC1CCCCO1.COc1cc2c(cc1NC(=S)NC(C)(C)C)CCC(C)C(=O)N2CCOC1CCCCO1.COc1cc2c(cc1NC(=S)Nc1ccc(F)cc1)CCC(C)C(=O)N2CCOC1CCCCO1. The highest BCUT2D eigenvalue weighted by Gasteiger charge is 2.36. The number of alkyl carbamates (subject to hydrolysis) is 1. The second-order valence-electron chi connectivity index (χ2n) is 34.7. The molecule has 0 radical (unpaired) electrons.